The lowest BCUT2D eigenvalue weighted by atomic mass is 10.4. The quantitative estimate of drug-likeness (QED) is 0.597. The van der Waals surface area contributed by atoms with Crippen LogP contribution in [-0.2, 0) is 0 Å². The van der Waals surface area contributed by atoms with Gasteiger partial charge in [-0.05, 0) is 6.07 Å². The van der Waals surface area contributed by atoms with Crippen molar-refractivity contribution in [1.29, 1.82) is 0 Å². The van der Waals surface area contributed by atoms with Gasteiger partial charge in [-0.1, -0.05) is 0 Å². The summed E-state index contributed by atoms with van der Waals surface area (Å²) in [6.07, 6.45) is 3.91. The molecule has 0 aliphatic carbocycles. The van der Waals surface area contributed by atoms with Crippen LogP contribution < -0.4 is 0 Å². The van der Waals surface area contributed by atoms with Gasteiger partial charge in [-0.2, -0.15) is 0 Å². The maximum absolute atomic E-state index is 10.4. The van der Waals surface area contributed by atoms with Crippen molar-refractivity contribution in [1.82, 2.24) is 9.55 Å². The molecule has 0 aromatic carbocycles. The zero-order valence-corrected chi connectivity index (χ0v) is 5.61. The molecule has 0 bridgehead atoms. The summed E-state index contributed by atoms with van der Waals surface area (Å²) >= 11 is 0. The van der Waals surface area contributed by atoms with Gasteiger partial charge in [-0.25, -0.2) is 4.79 Å². The monoisotopic (exact) mass is 150 g/mol. The summed E-state index contributed by atoms with van der Waals surface area (Å²) in [7, 11) is 0. The Morgan fingerprint density at radius 3 is 3.00 bits per heavy atom. The van der Waals surface area contributed by atoms with Crippen LogP contribution in [-0.4, -0.2) is 20.8 Å². The molecule has 0 spiro atoms. The minimum absolute atomic E-state index is 0.840. The lowest BCUT2D eigenvalue weighted by Crippen LogP contribution is -2.03. The molecule has 2 aromatic heterocycles. The lowest BCUT2D eigenvalue weighted by Gasteiger charge is -1.88. The van der Waals surface area contributed by atoms with Gasteiger partial charge in [0.15, 0.2) is 0 Å². The molecule has 2 aromatic rings. The predicted octanol–water partition coefficient (Wildman–Crippen LogP) is 1.50. The number of H-pyrrole nitrogens is 1. The topological polar surface area (TPSA) is 58.0 Å². The number of rotatable bonds is 0. The third-order valence-electron chi connectivity index (χ3n) is 1.58. The second-order valence-electron chi connectivity index (χ2n) is 2.29. The van der Waals surface area contributed by atoms with Crippen molar-refractivity contribution in [3.05, 3.63) is 24.7 Å². The maximum Gasteiger partial charge on any atom is 0.415 e. The molecular weight excluding hydrogens is 144 g/mol. The van der Waals surface area contributed by atoms with Crippen LogP contribution >= 0.6 is 0 Å². The summed E-state index contributed by atoms with van der Waals surface area (Å²) in [5.74, 6) is 0. The number of fused-ring (bicyclic) bond motifs is 1. The third-order valence-corrected chi connectivity index (χ3v) is 1.58. The fourth-order valence-electron chi connectivity index (χ4n) is 1.06. The number of hydrogen-bond acceptors (Lipinski definition) is 1. The van der Waals surface area contributed by atoms with E-state index >= 15 is 0 Å². The maximum atomic E-state index is 10.4. The van der Waals surface area contributed by atoms with E-state index in [0.717, 1.165) is 15.5 Å². The number of carboxylic acid groups (broad SMARTS) is 1. The molecule has 2 rings (SSSR count). The number of aromatic amines is 1. The highest BCUT2D eigenvalue weighted by Crippen LogP contribution is 2.11. The first kappa shape index (κ1) is 6.03. The van der Waals surface area contributed by atoms with Gasteiger partial charge in [0.1, 0.15) is 0 Å². The van der Waals surface area contributed by atoms with Gasteiger partial charge in [-0.3, -0.25) is 4.57 Å². The van der Waals surface area contributed by atoms with Gasteiger partial charge in [0.05, 0.1) is 5.52 Å². The van der Waals surface area contributed by atoms with Crippen LogP contribution in [0.4, 0.5) is 4.79 Å². The first-order valence-corrected chi connectivity index (χ1v) is 3.16. The Labute approximate surface area is 62.1 Å². The molecule has 56 valence electrons. The number of hydrogen-bond donors (Lipinski definition) is 2. The molecule has 2 N–H and O–H groups in total. The van der Waals surface area contributed by atoms with E-state index in [1.54, 1.807) is 12.4 Å². The Morgan fingerprint density at radius 2 is 2.36 bits per heavy atom. The van der Waals surface area contributed by atoms with Crippen LogP contribution in [0.5, 0.6) is 0 Å². The van der Waals surface area contributed by atoms with Gasteiger partial charge in [0.2, 0.25) is 0 Å². The van der Waals surface area contributed by atoms with E-state index in [4.69, 9.17) is 5.11 Å². The molecule has 0 radical (unpaired) electrons. The highest BCUT2D eigenvalue weighted by molar-refractivity contribution is 5.83. The molecule has 0 fully saturated rings. The largest absolute Gasteiger partial charge is 0.464 e. The predicted molar refractivity (Wildman–Crippen MR) is 39.7 cm³/mol. The third kappa shape index (κ3) is 0.797. The van der Waals surface area contributed by atoms with E-state index in [9.17, 15) is 4.79 Å². The number of nitrogens with one attached hydrogen (secondary N) is 1. The van der Waals surface area contributed by atoms with E-state index in [1.807, 2.05) is 6.07 Å². The summed E-state index contributed by atoms with van der Waals surface area (Å²) < 4.78 is 1.13. The summed E-state index contributed by atoms with van der Waals surface area (Å²) in [6.45, 7) is 0. The van der Waals surface area contributed by atoms with Gasteiger partial charge >= 0.3 is 6.09 Å². The number of nitrogens with zero attached hydrogens (tertiary/aromatic N) is 1. The fourth-order valence-corrected chi connectivity index (χ4v) is 1.06. The number of carbonyl (C=O) groups is 1. The Bertz CT molecular complexity index is 371. The van der Waals surface area contributed by atoms with Crippen LogP contribution in [0.2, 0.25) is 0 Å². The molecule has 11 heavy (non-hydrogen) atoms. The molecule has 2 heterocycles. The minimum Gasteiger partial charge on any atom is -0.464 e. The van der Waals surface area contributed by atoms with Crippen LogP contribution in [0.3, 0.4) is 0 Å². The molecule has 4 heteroatoms. The van der Waals surface area contributed by atoms with Crippen molar-refractivity contribution >= 4 is 17.0 Å². The summed E-state index contributed by atoms with van der Waals surface area (Å²) in [4.78, 5) is 13.3. The highest BCUT2D eigenvalue weighted by Gasteiger charge is 2.02. The second-order valence-corrected chi connectivity index (χ2v) is 2.29. The molecule has 4 nitrogen and oxygen atoms in total. The van der Waals surface area contributed by atoms with E-state index in [-0.39, 0.29) is 0 Å². The van der Waals surface area contributed by atoms with Crippen molar-refractivity contribution in [2.24, 2.45) is 0 Å². The normalized spacial score (nSPS) is 10.5. The van der Waals surface area contributed by atoms with Crippen molar-refractivity contribution in [3.8, 4) is 0 Å². The summed E-state index contributed by atoms with van der Waals surface area (Å²) in [5, 5.41) is 9.46. The van der Waals surface area contributed by atoms with E-state index in [1.165, 1.54) is 6.20 Å². The zero-order chi connectivity index (χ0) is 7.84. The Morgan fingerprint density at radius 1 is 1.55 bits per heavy atom. The molecule has 0 saturated carbocycles. The van der Waals surface area contributed by atoms with Gasteiger partial charge in [-0.15, -0.1) is 0 Å². The van der Waals surface area contributed by atoms with Crippen LogP contribution in [0.25, 0.3) is 10.9 Å². The molecule has 0 unspecified atom stereocenters. The molecule has 0 saturated heterocycles. The van der Waals surface area contributed by atoms with E-state index in [0.29, 0.717) is 0 Å². The minimum atomic E-state index is -0.963. The molecule has 0 aliphatic rings. The highest BCUT2D eigenvalue weighted by atomic mass is 16.4. The smallest absolute Gasteiger partial charge is 0.415 e. The van der Waals surface area contributed by atoms with Crippen molar-refractivity contribution in [2.75, 3.05) is 0 Å². The van der Waals surface area contributed by atoms with Crippen LogP contribution in [0.15, 0.2) is 24.7 Å². The van der Waals surface area contributed by atoms with E-state index < -0.39 is 6.09 Å². The van der Waals surface area contributed by atoms with Gasteiger partial charge in [0, 0.05) is 24.0 Å². The van der Waals surface area contributed by atoms with Crippen molar-refractivity contribution < 1.29 is 9.90 Å². The molecule has 0 atom stereocenters. The first-order chi connectivity index (χ1) is 5.27. The second kappa shape index (κ2) is 1.88. The SMILES string of the molecule is O=C(O)n1cc2cc[nH]c2c1. The van der Waals surface area contributed by atoms with Gasteiger partial charge < -0.3 is 10.1 Å². The fraction of sp³-hybridized carbons (Fsp3) is 0. The van der Waals surface area contributed by atoms with Gasteiger partial charge in [0.25, 0.3) is 0 Å². The van der Waals surface area contributed by atoms with Crippen molar-refractivity contribution in [2.45, 2.75) is 0 Å². The first-order valence-electron chi connectivity index (χ1n) is 3.16. The number of aromatic nitrogens is 2. The summed E-state index contributed by atoms with van der Waals surface area (Å²) in [6, 6.07) is 1.83. The Balaban J connectivity index is 2.67. The lowest BCUT2D eigenvalue weighted by molar-refractivity contribution is 0.196. The summed E-state index contributed by atoms with van der Waals surface area (Å²) in [5.41, 5.74) is 0.840. The average molecular weight is 150 g/mol. The standard InChI is InChI=1S/C7H6N2O2/c10-7(11)9-3-5-1-2-8-6(5)4-9/h1-4,8H,(H,10,11). The van der Waals surface area contributed by atoms with Crippen LogP contribution in [0.1, 0.15) is 0 Å². The molecule has 0 amide bonds. The average Bonchev–Trinajstić information content (AvgIpc) is 2.40. The van der Waals surface area contributed by atoms with Crippen molar-refractivity contribution in [3.63, 3.8) is 0 Å². The molecule has 0 aliphatic heterocycles. The zero-order valence-electron chi connectivity index (χ0n) is 5.61. The van der Waals surface area contributed by atoms with E-state index in [2.05, 4.69) is 4.98 Å². The Kier molecular flexibility index (Phi) is 1.03. The Hall–Kier alpha value is -1.71. The molecular formula is C7H6N2O2. The van der Waals surface area contributed by atoms with Crippen LogP contribution in [0, 0.1) is 0 Å².